The number of aromatic nitrogens is 1. The van der Waals surface area contributed by atoms with Crippen LogP contribution in [0.25, 0.3) is 6.08 Å². The molecule has 31 heavy (non-hydrogen) atoms. The van der Waals surface area contributed by atoms with Crippen LogP contribution in [0.1, 0.15) is 29.0 Å². The summed E-state index contributed by atoms with van der Waals surface area (Å²) in [6.45, 7) is 1.40. The second-order valence-corrected chi connectivity index (χ2v) is 9.16. The Balaban J connectivity index is 2.17. The summed E-state index contributed by atoms with van der Waals surface area (Å²) in [6.07, 6.45) is 2.62. The zero-order valence-electron chi connectivity index (χ0n) is 16.1. The van der Waals surface area contributed by atoms with Crippen molar-refractivity contribution in [3.05, 3.63) is 99.8 Å². The Morgan fingerprint density at radius 1 is 1.10 bits per heavy atom. The van der Waals surface area contributed by atoms with E-state index in [2.05, 4.69) is 4.98 Å². The molecule has 0 bridgehead atoms. The number of hydrogen-bond donors (Lipinski definition) is 1. The van der Waals surface area contributed by atoms with Crippen LogP contribution < -0.4 is 0 Å². The van der Waals surface area contributed by atoms with E-state index in [4.69, 9.17) is 16.7 Å². The van der Waals surface area contributed by atoms with Crippen LogP contribution in [-0.4, -0.2) is 24.5 Å². The molecule has 3 aromatic rings. The summed E-state index contributed by atoms with van der Waals surface area (Å²) in [5.41, 5.74) is 0.0131. The monoisotopic (exact) mass is 463 g/mol. The molecule has 1 aromatic heterocycles. The maximum Gasteiger partial charge on any atom is 0.331 e. The van der Waals surface area contributed by atoms with E-state index in [1.165, 1.54) is 55.6 Å². The second kappa shape index (κ2) is 8.95. The lowest BCUT2D eigenvalue weighted by atomic mass is 10.1. The van der Waals surface area contributed by atoms with Gasteiger partial charge in [0.1, 0.15) is 16.9 Å². The van der Waals surface area contributed by atoms with Gasteiger partial charge >= 0.3 is 5.97 Å². The van der Waals surface area contributed by atoms with Crippen molar-refractivity contribution in [1.82, 2.24) is 4.98 Å². The fraction of sp³-hybridized carbons (Fsp3) is 0.0909. The first-order chi connectivity index (χ1) is 14.6. The number of pyridine rings is 1. The maximum atomic E-state index is 14.6. The largest absolute Gasteiger partial charge is 0.478 e. The molecule has 0 aliphatic carbocycles. The molecule has 0 fully saturated rings. The van der Waals surface area contributed by atoms with Gasteiger partial charge in [-0.15, -0.1) is 0 Å². The molecule has 1 atom stereocenters. The van der Waals surface area contributed by atoms with Gasteiger partial charge in [0.2, 0.25) is 0 Å². The first-order valence-electron chi connectivity index (χ1n) is 8.91. The van der Waals surface area contributed by atoms with Crippen LogP contribution in [0.5, 0.6) is 0 Å². The first-order valence-corrected chi connectivity index (χ1v) is 10.8. The molecule has 9 heteroatoms. The molecule has 0 amide bonds. The number of sulfone groups is 1. The Morgan fingerprint density at radius 2 is 1.77 bits per heavy atom. The topological polar surface area (TPSA) is 84.3 Å². The second-order valence-electron chi connectivity index (χ2n) is 6.69. The third-order valence-corrected chi connectivity index (χ3v) is 6.79. The van der Waals surface area contributed by atoms with E-state index < -0.39 is 38.3 Å². The predicted octanol–water partition coefficient (Wildman–Crippen LogP) is 5.06. The standard InChI is InChI=1S/C22H16ClF2NO4S/c1-13(22(27)28)10-14-2-9-20(26-12-14)21(18-11-16(24)5-8-19(18)25)31(29,30)17-6-3-15(23)4-7-17/h2-12,21H,1H3,(H,27,28). The molecule has 0 aliphatic rings. The Morgan fingerprint density at radius 3 is 2.35 bits per heavy atom. The van der Waals surface area contributed by atoms with Gasteiger partial charge < -0.3 is 5.11 Å². The lowest BCUT2D eigenvalue weighted by Crippen LogP contribution is -2.18. The Kier molecular flexibility index (Phi) is 6.52. The molecule has 160 valence electrons. The molecule has 5 nitrogen and oxygen atoms in total. The van der Waals surface area contributed by atoms with E-state index in [-0.39, 0.29) is 16.2 Å². The van der Waals surface area contributed by atoms with Crippen LogP contribution >= 0.6 is 11.6 Å². The number of halogens is 3. The Bertz CT molecular complexity index is 1260. The van der Waals surface area contributed by atoms with E-state index >= 15 is 0 Å². The Labute approximate surface area is 182 Å². The number of benzene rings is 2. The molecule has 0 radical (unpaired) electrons. The highest BCUT2D eigenvalue weighted by Gasteiger charge is 2.34. The van der Waals surface area contributed by atoms with Gasteiger partial charge in [0.15, 0.2) is 9.84 Å². The summed E-state index contributed by atoms with van der Waals surface area (Å²) in [5, 5.41) is 7.67. The molecule has 0 spiro atoms. The van der Waals surface area contributed by atoms with Gasteiger partial charge in [-0.3, -0.25) is 4.98 Å². The van der Waals surface area contributed by atoms with Crippen molar-refractivity contribution >= 4 is 33.5 Å². The fourth-order valence-corrected chi connectivity index (χ4v) is 4.82. The van der Waals surface area contributed by atoms with Crippen LogP contribution in [0.2, 0.25) is 5.02 Å². The smallest absolute Gasteiger partial charge is 0.331 e. The van der Waals surface area contributed by atoms with Gasteiger partial charge in [-0.1, -0.05) is 17.7 Å². The van der Waals surface area contributed by atoms with E-state index in [1.807, 2.05) is 0 Å². The van der Waals surface area contributed by atoms with Gasteiger partial charge in [0.25, 0.3) is 0 Å². The number of nitrogens with zero attached hydrogens (tertiary/aromatic N) is 1. The molecule has 0 saturated carbocycles. The molecule has 0 aliphatic heterocycles. The van der Waals surface area contributed by atoms with Gasteiger partial charge in [0, 0.05) is 22.4 Å². The molecular weight excluding hydrogens is 448 g/mol. The number of carboxylic acids is 1. The maximum absolute atomic E-state index is 14.6. The zero-order valence-corrected chi connectivity index (χ0v) is 17.7. The summed E-state index contributed by atoms with van der Waals surface area (Å²) >= 11 is 5.84. The van der Waals surface area contributed by atoms with E-state index in [0.717, 1.165) is 18.2 Å². The molecule has 2 aromatic carbocycles. The van der Waals surface area contributed by atoms with Gasteiger partial charge in [-0.25, -0.2) is 22.0 Å². The van der Waals surface area contributed by atoms with Crippen molar-refractivity contribution in [2.75, 3.05) is 0 Å². The van der Waals surface area contributed by atoms with Crippen LogP contribution in [0.4, 0.5) is 8.78 Å². The third kappa shape index (κ3) is 4.98. The lowest BCUT2D eigenvalue weighted by Gasteiger charge is -2.19. The van der Waals surface area contributed by atoms with Gasteiger partial charge in [-0.05, 0) is 67.1 Å². The van der Waals surface area contributed by atoms with Crippen molar-refractivity contribution in [1.29, 1.82) is 0 Å². The van der Waals surface area contributed by atoms with Crippen LogP contribution in [0.15, 0.2) is 71.3 Å². The normalized spacial score (nSPS) is 13.1. The molecular formula is C22H16ClF2NO4S. The van der Waals surface area contributed by atoms with Crippen LogP contribution in [0.3, 0.4) is 0 Å². The van der Waals surface area contributed by atoms with Gasteiger partial charge in [0.05, 0.1) is 10.6 Å². The highest BCUT2D eigenvalue weighted by atomic mass is 35.5. The molecule has 3 rings (SSSR count). The minimum atomic E-state index is -4.25. The van der Waals surface area contributed by atoms with E-state index in [0.29, 0.717) is 10.6 Å². The molecule has 1 unspecified atom stereocenters. The number of carbonyl (C=O) groups is 1. The Hall–Kier alpha value is -3.10. The summed E-state index contributed by atoms with van der Waals surface area (Å²) in [7, 11) is -4.25. The summed E-state index contributed by atoms with van der Waals surface area (Å²) in [6, 6.07) is 10.7. The highest BCUT2D eigenvalue weighted by Crippen LogP contribution is 2.36. The van der Waals surface area contributed by atoms with E-state index in [1.54, 1.807) is 0 Å². The average molecular weight is 464 g/mol. The fourth-order valence-electron chi connectivity index (χ4n) is 2.93. The van der Waals surface area contributed by atoms with Crippen molar-refractivity contribution in [2.24, 2.45) is 0 Å². The van der Waals surface area contributed by atoms with Crippen molar-refractivity contribution < 1.29 is 27.1 Å². The minimum absolute atomic E-state index is 0.0513. The molecule has 1 heterocycles. The minimum Gasteiger partial charge on any atom is -0.478 e. The number of aliphatic carboxylic acids is 1. The van der Waals surface area contributed by atoms with Crippen molar-refractivity contribution in [2.45, 2.75) is 17.1 Å². The summed E-state index contributed by atoms with van der Waals surface area (Å²) < 4.78 is 55.3. The quantitative estimate of drug-likeness (QED) is 0.516. The van der Waals surface area contributed by atoms with Crippen LogP contribution in [-0.2, 0) is 14.6 Å². The molecule has 1 N–H and O–H groups in total. The average Bonchev–Trinajstić information content (AvgIpc) is 2.72. The third-order valence-electron chi connectivity index (χ3n) is 4.49. The summed E-state index contributed by atoms with van der Waals surface area (Å²) in [4.78, 5) is 15.0. The molecule has 0 saturated heterocycles. The number of hydrogen-bond acceptors (Lipinski definition) is 4. The summed E-state index contributed by atoms with van der Waals surface area (Å²) in [5.74, 6) is -2.82. The SMILES string of the molecule is CC(=Cc1ccc(C(c2cc(F)ccc2F)S(=O)(=O)c2ccc(Cl)cc2)nc1)C(=O)O. The lowest BCUT2D eigenvalue weighted by molar-refractivity contribution is -0.132. The van der Waals surface area contributed by atoms with Crippen molar-refractivity contribution in [3.8, 4) is 0 Å². The predicted molar refractivity (Wildman–Crippen MR) is 112 cm³/mol. The van der Waals surface area contributed by atoms with E-state index in [9.17, 15) is 22.0 Å². The highest BCUT2D eigenvalue weighted by molar-refractivity contribution is 7.91. The van der Waals surface area contributed by atoms with Gasteiger partial charge in [-0.2, -0.15) is 0 Å². The first kappa shape index (κ1) is 22.6. The van der Waals surface area contributed by atoms with Crippen molar-refractivity contribution in [3.63, 3.8) is 0 Å². The number of carboxylic acid groups (broad SMARTS) is 1. The zero-order chi connectivity index (χ0) is 22.8. The number of rotatable bonds is 6. The van der Waals surface area contributed by atoms with Crippen LogP contribution in [0, 0.1) is 11.6 Å².